The van der Waals surface area contributed by atoms with Gasteiger partial charge in [-0.2, -0.15) is 5.10 Å². The predicted molar refractivity (Wildman–Crippen MR) is 121 cm³/mol. The average molecular weight is 454 g/mol. The number of aromatic amines is 1. The Labute approximate surface area is 191 Å². The number of ketones is 1. The number of halogens is 2. The molecule has 3 heterocycles. The number of nitrogens with zero attached hydrogens (tertiary/aromatic N) is 4. The minimum Gasteiger partial charge on any atom is -0.299 e. The van der Waals surface area contributed by atoms with Gasteiger partial charge in [-0.05, 0) is 63.0 Å². The van der Waals surface area contributed by atoms with E-state index in [9.17, 15) is 13.6 Å². The fraction of sp³-hybridized carbons (Fsp3) is 0.560. The maximum atomic E-state index is 14.6. The number of alkyl halides is 1. The number of pyridine rings is 1. The van der Waals surface area contributed by atoms with E-state index in [2.05, 4.69) is 25.1 Å². The number of hydrogen-bond acceptors (Lipinski definition) is 5. The Kier molecular flexibility index (Phi) is 5.93. The first kappa shape index (κ1) is 22.0. The van der Waals surface area contributed by atoms with Gasteiger partial charge in [0, 0.05) is 23.9 Å². The third-order valence-corrected chi connectivity index (χ3v) is 7.37. The molecule has 0 aromatic carbocycles. The maximum absolute atomic E-state index is 14.6. The van der Waals surface area contributed by atoms with Gasteiger partial charge < -0.3 is 0 Å². The van der Waals surface area contributed by atoms with Gasteiger partial charge in [0.1, 0.15) is 17.1 Å². The van der Waals surface area contributed by atoms with Crippen LogP contribution in [0.15, 0.2) is 24.5 Å². The Morgan fingerprint density at radius 3 is 2.91 bits per heavy atom. The molecule has 33 heavy (non-hydrogen) atoms. The van der Waals surface area contributed by atoms with Gasteiger partial charge in [-0.3, -0.25) is 9.89 Å². The van der Waals surface area contributed by atoms with Crippen LogP contribution in [0.1, 0.15) is 64.0 Å². The minimum atomic E-state index is -1.20. The molecule has 2 fully saturated rings. The van der Waals surface area contributed by atoms with Crippen LogP contribution in [-0.2, 0) is 11.2 Å². The molecular weight excluding hydrogens is 424 g/mol. The van der Waals surface area contributed by atoms with Gasteiger partial charge in [-0.25, -0.2) is 23.7 Å². The van der Waals surface area contributed by atoms with Gasteiger partial charge in [-0.15, -0.1) is 0 Å². The van der Waals surface area contributed by atoms with Crippen LogP contribution in [0.3, 0.4) is 0 Å². The highest BCUT2D eigenvalue weighted by Gasteiger charge is 2.39. The van der Waals surface area contributed by atoms with Crippen molar-refractivity contribution in [1.29, 1.82) is 0 Å². The zero-order valence-electron chi connectivity index (χ0n) is 18.9. The first-order valence-corrected chi connectivity index (χ1v) is 11.9. The van der Waals surface area contributed by atoms with E-state index in [1.807, 2.05) is 12.1 Å². The highest BCUT2D eigenvalue weighted by Crippen LogP contribution is 2.40. The van der Waals surface area contributed by atoms with Crippen molar-refractivity contribution in [1.82, 2.24) is 25.1 Å². The van der Waals surface area contributed by atoms with Crippen LogP contribution >= 0.6 is 0 Å². The molecule has 1 N–H and O–H groups in total. The van der Waals surface area contributed by atoms with Gasteiger partial charge in [0.2, 0.25) is 0 Å². The zero-order valence-corrected chi connectivity index (χ0v) is 18.9. The van der Waals surface area contributed by atoms with E-state index in [4.69, 9.17) is 0 Å². The Bertz CT molecular complexity index is 1160. The first-order valence-electron chi connectivity index (χ1n) is 11.9. The van der Waals surface area contributed by atoms with Gasteiger partial charge in [0.05, 0.1) is 11.9 Å². The van der Waals surface area contributed by atoms with Gasteiger partial charge in [-0.1, -0.05) is 19.3 Å². The number of hydrogen-bond donors (Lipinski definition) is 1. The van der Waals surface area contributed by atoms with Crippen molar-refractivity contribution in [2.45, 2.75) is 70.4 Å². The van der Waals surface area contributed by atoms with Crippen LogP contribution in [0.2, 0.25) is 0 Å². The van der Waals surface area contributed by atoms with E-state index in [1.165, 1.54) is 6.20 Å². The zero-order chi connectivity index (χ0) is 23.0. The van der Waals surface area contributed by atoms with Crippen LogP contribution in [-0.4, -0.2) is 36.6 Å². The van der Waals surface area contributed by atoms with E-state index in [-0.39, 0.29) is 23.5 Å². The molecule has 0 saturated heterocycles. The standard InChI is InChI=1S/C25H29F2N5O/c1-25(27)8-7-17(13-25)21(33)12-16-5-2-4-15(10-16)11-20-19(26)14-29-24(30-20)22-18-6-3-9-28-23(18)32-31-22/h3,6,9,14-17H,2,4-5,7-8,10-13H2,1H3,(H,28,31,32)/t15-,16+,17?,25?/m0/s1. The number of Topliss-reactive ketones (excluding diaryl/α,β-unsaturated/α-hetero) is 1. The van der Waals surface area contributed by atoms with E-state index in [0.717, 1.165) is 31.1 Å². The fourth-order valence-electron chi connectivity index (χ4n) is 5.65. The molecule has 174 valence electrons. The Morgan fingerprint density at radius 1 is 1.24 bits per heavy atom. The van der Waals surface area contributed by atoms with E-state index in [1.54, 1.807) is 13.1 Å². The Morgan fingerprint density at radius 2 is 2.09 bits per heavy atom. The number of aromatic nitrogens is 5. The second-order valence-corrected chi connectivity index (χ2v) is 10.1. The van der Waals surface area contributed by atoms with E-state index in [0.29, 0.717) is 55.0 Å². The molecule has 6 nitrogen and oxygen atoms in total. The number of fused-ring (bicyclic) bond motifs is 1. The van der Waals surface area contributed by atoms with Crippen molar-refractivity contribution >= 4 is 16.8 Å². The lowest BCUT2D eigenvalue weighted by Gasteiger charge is -2.29. The lowest BCUT2D eigenvalue weighted by atomic mass is 9.76. The largest absolute Gasteiger partial charge is 0.299 e. The van der Waals surface area contributed by atoms with Crippen molar-refractivity contribution < 1.29 is 13.6 Å². The normalized spacial score (nSPS) is 27.8. The summed E-state index contributed by atoms with van der Waals surface area (Å²) in [5.74, 6) is 0.615. The number of nitrogens with one attached hydrogen (secondary N) is 1. The summed E-state index contributed by atoms with van der Waals surface area (Å²) in [5.41, 5.74) is 0.390. The molecule has 0 radical (unpaired) electrons. The van der Waals surface area contributed by atoms with E-state index >= 15 is 0 Å². The van der Waals surface area contributed by atoms with Gasteiger partial charge in [0.15, 0.2) is 17.3 Å². The Hall–Kier alpha value is -2.77. The van der Waals surface area contributed by atoms with Crippen molar-refractivity contribution in [2.24, 2.45) is 17.8 Å². The lowest BCUT2D eigenvalue weighted by Crippen LogP contribution is -2.24. The number of carbonyl (C=O) groups is 1. The van der Waals surface area contributed by atoms with Gasteiger partial charge in [0.25, 0.3) is 0 Å². The average Bonchev–Trinajstić information content (AvgIpc) is 3.39. The second-order valence-electron chi connectivity index (χ2n) is 10.1. The fourth-order valence-corrected chi connectivity index (χ4v) is 5.65. The Balaban J connectivity index is 1.26. The topological polar surface area (TPSA) is 84.4 Å². The smallest absolute Gasteiger partial charge is 0.181 e. The number of H-pyrrole nitrogens is 1. The van der Waals surface area contributed by atoms with Crippen molar-refractivity contribution in [3.8, 4) is 11.5 Å². The third kappa shape index (κ3) is 4.80. The highest BCUT2D eigenvalue weighted by molar-refractivity contribution is 5.88. The summed E-state index contributed by atoms with van der Waals surface area (Å²) in [4.78, 5) is 25.7. The summed E-state index contributed by atoms with van der Waals surface area (Å²) < 4.78 is 28.8. The van der Waals surface area contributed by atoms with Crippen LogP contribution in [0.25, 0.3) is 22.6 Å². The molecule has 2 aliphatic carbocycles. The maximum Gasteiger partial charge on any atom is 0.181 e. The summed E-state index contributed by atoms with van der Waals surface area (Å²) in [6, 6.07) is 3.70. The molecule has 2 aliphatic rings. The van der Waals surface area contributed by atoms with Crippen LogP contribution in [0.4, 0.5) is 8.78 Å². The monoisotopic (exact) mass is 453 g/mol. The minimum absolute atomic E-state index is 0.138. The molecule has 0 amide bonds. The van der Waals surface area contributed by atoms with E-state index < -0.39 is 11.5 Å². The number of rotatable bonds is 6. The molecule has 2 unspecified atom stereocenters. The summed E-state index contributed by atoms with van der Waals surface area (Å²) >= 11 is 0. The summed E-state index contributed by atoms with van der Waals surface area (Å²) in [7, 11) is 0. The van der Waals surface area contributed by atoms with Crippen LogP contribution in [0.5, 0.6) is 0 Å². The SMILES string of the molecule is CC1(F)CCC(C(=O)C[C@@H]2CCC[C@H](Cc3nc(-c4[nH]nc5ncccc45)ncc3F)C2)C1. The molecule has 3 aromatic rings. The molecular formula is C25H29F2N5O. The molecule has 5 rings (SSSR count). The first-order chi connectivity index (χ1) is 15.9. The van der Waals surface area contributed by atoms with Gasteiger partial charge >= 0.3 is 0 Å². The summed E-state index contributed by atoms with van der Waals surface area (Å²) in [6.07, 6.45) is 9.31. The molecule has 0 spiro atoms. The van der Waals surface area contributed by atoms with Crippen LogP contribution in [0, 0.1) is 23.6 Å². The molecule has 8 heteroatoms. The second kappa shape index (κ2) is 8.88. The summed E-state index contributed by atoms with van der Waals surface area (Å²) in [6.45, 7) is 1.60. The summed E-state index contributed by atoms with van der Waals surface area (Å²) in [5, 5.41) is 7.89. The highest BCUT2D eigenvalue weighted by atomic mass is 19.1. The molecule has 4 atom stereocenters. The third-order valence-electron chi connectivity index (χ3n) is 7.37. The molecule has 0 aliphatic heterocycles. The molecule has 3 aromatic heterocycles. The molecule has 0 bridgehead atoms. The predicted octanol–water partition coefficient (Wildman–Crippen LogP) is 5.39. The lowest BCUT2D eigenvalue weighted by molar-refractivity contribution is -0.124. The van der Waals surface area contributed by atoms with Crippen molar-refractivity contribution in [3.63, 3.8) is 0 Å². The van der Waals surface area contributed by atoms with Crippen LogP contribution < -0.4 is 0 Å². The molecule has 2 saturated carbocycles. The quantitative estimate of drug-likeness (QED) is 0.541. The number of carbonyl (C=O) groups excluding carboxylic acids is 1. The van der Waals surface area contributed by atoms with Crippen molar-refractivity contribution in [2.75, 3.05) is 0 Å². The van der Waals surface area contributed by atoms with Crippen molar-refractivity contribution in [3.05, 3.63) is 36.0 Å².